The number of hydrogen-bond acceptors (Lipinski definition) is 5. The van der Waals surface area contributed by atoms with Gasteiger partial charge in [-0.05, 0) is 19.3 Å². The molecule has 0 aromatic rings. The van der Waals surface area contributed by atoms with Gasteiger partial charge in [0.1, 0.15) is 6.04 Å². The van der Waals surface area contributed by atoms with Gasteiger partial charge in [0.2, 0.25) is 10.0 Å². The maximum Gasteiger partial charge on any atom is 0.321 e. The van der Waals surface area contributed by atoms with Gasteiger partial charge in [0, 0.05) is 19.6 Å². The van der Waals surface area contributed by atoms with E-state index in [0.717, 1.165) is 0 Å². The van der Waals surface area contributed by atoms with E-state index >= 15 is 0 Å². The molecule has 1 aliphatic heterocycles. The minimum Gasteiger partial charge on any atom is -0.481 e. The molecule has 1 atom stereocenters. The molecule has 8 nitrogen and oxygen atoms in total. The number of carboxylic acid groups (broad SMARTS) is 2. The van der Waals surface area contributed by atoms with Crippen LogP contribution in [-0.2, 0) is 24.3 Å². The van der Waals surface area contributed by atoms with E-state index < -0.39 is 39.7 Å². The molecule has 1 fully saturated rings. The predicted molar refractivity (Wildman–Crippen MR) is 64.2 cm³/mol. The SMILES string of the molecule is O=C(O)CC[C@H](NS(=O)(=O)C1CCOCC1)C(=O)O. The topological polar surface area (TPSA) is 130 Å². The predicted octanol–water partition coefficient (Wildman–Crippen LogP) is -0.597. The number of carboxylic acids is 2. The summed E-state index contributed by atoms with van der Waals surface area (Å²) in [7, 11) is -3.78. The smallest absolute Gasteiger partial charge is 0.321 e. The molecule has 1 rings (SSSR count). The Morgan fingerprint density at radius 2 is 1.84 bits per heavy atom. The lowest BCUT2D eigenvalue weighted by Gasteiger charge is -2.24. The highest BCUT2D eigenvalue weighted by Crippen LogP contribution is 2.15. The van der Waals surface area contributed by atoms with E-state index in [4.69, 9.17) is 14.9 Å². The molecule has 0 radical (unpaired) electrons. The number of rotatable bonds is 7. The van der Waals surface area contributed by atoms with Gasteiger partial charge in [-0.3, -0.25) is 9.59 Å². The zero-order chi connectivity index (χ0) is 14.5. The van der Waals surface area contributed by atoms with Crippen molar-refractivity contribution in [2.75, 3.05) is 13.2 Å². The van der Waals surface area contributed by atoms with Crippen molar-refractivity contribution in [3.8, 4) is 0 Å². The van der Waals surface area contributed by atoms with Crippen LogP contribution in [0.1, 0.15) is 25.7 Å². The van der Waals surface area contributed by atoms with Crippen LogP contribution < -0.4 is 4.72 Å². The third-order valence-electron chi connectivity index (χ3n) is 2.86. The van der Waals surface area contributed by atoms with Gasteiger partial charge >= 0.3 is 11.9 Å². The van der Waals surface area contributed by atoms with Gasteiger partial charge < -0.3 is 14.9 Å². The van der Waals surface area contributed by atoms with E-state index in [1.165, 1.54) is 0 Å². The Bertz CT molecular complexity index is 427. The van der Waals surface area contributed by atoms with E-state index in [2.05, 4.69) is 4.72 Å². The van der Waals surface area contributed by atoms with E-state index in [9.17, 15) is 18.0 Å². The highest BCUT2D eigenvalue weighted by atomic mass is 32.2. The molecule has 1 saturated heterocycles. The van der Waals surface area contributed by atoms with E-state index in [-0.39, 0.29) is 6.42 Å². The number of carbonyl (C=O) groups is 2. The maximum atomic E-state index is 12.0. The second-order valence-electron chi connectivity index (χ2n) is 4.30. The summed E-state index contributed by atoms with van der Waals surface area (Å²) in [4.78, 5) is 21.3. The van der Waals surface area contributed by atoms with Crippen LogP contribution in [0.2, 0.25) is 0 Å². The summed E-state index contributed by atoms with van der Waals surface area (Å²) >= 11 is 0. The Balaban J connectivity index is 2.65. The van der Waals surface area contributed by atoms with Crippen LogP contribution >= 0.6 is 0 Å². The summed E-state index contributed by atoms with van der Waals surface area (Å²) in [6, 6.07) is -1.41. The Kier molecular flexibility index (Phi) is 5.70. The zero-order valence-corrected chi connectivity index (χ0v) is 11.1. The van der Waals surface area contributed by atoms with Crippen molar-refractivity contribution in [3.05, 3.63) is 0 Å². The zero-order valence-electron chi connectivity index (χ0n) is 10.2. The molecule has 19 heavy (non-hydrogen) atoms. The fourth-order valence-electron chi connectivity index (χ4n) is 1.78. The van der Waals surface area contributed by atoms with Gasteiger partial charge in [0.15, 0.2) is 0 Å². The molecule has 0 aromatic carbocycles. The van der Waals surface area contributed by atoms with Crippen molar-refractivity contribution in [2.45, 2.75) is 37.0 Å². The second kappa shape index (κ2) is 6.83. The number of sulfonamides is 1. The lowest BCUT2D eigenvalue weighted by Crippen LogP contribution is -2.46. The quantitative estimate of drug-likeness (QED) is 0.572. The van der Waals surface area contributed by atoms with Crippen molar-refractivity contribution < 1.29 is 33.0 Å². The van der Waals surface area contributed by atoms with Crippen LogP contribution in [-0.4, -0.2) is 55.1 Å². The van der Waals surface area contributed by atoms with Gasteiger partial charge in [-0.2, -0.15) is 0 Å². The molecule has 0 aromatic heterocycles. The van der Waals surface area contributed by atoms with Crippen molar-refractivity contribution in [3.63, 3.8) is 0 Å². The Hall–Kier alpha value is -1.19. The lowest BCUT2D eigenvalue weighted by molar-refractivity contribution is -0.140. The average Bonchev–Trinajstić information content (AvgIpc) is 2.35. The van der Waals surface area contributed by atoms with Gasteiger partial charge in [-0.15, -0.1) is 0 Å². The normalized spacial score (nSPS) is 18.9. The third kappa shape index (κ3) is 5.13. The lowest BCUT2D eigenvalue weighted by atomic mass is 10.2. The second-order valence-corrected chi connectivity index (χ2v) is 6.29. The van der Waals surface area contributed by atoms with E-state index in [1.807, 2.05) is 0 Å². The van der Waals surface area contributed by atoms with Crippen LogP contribution in [0.3, 0.4) is 0 Å². The summed E-state index contributed by atoms with van der Waals surface area (Å²) in [6.45, 7) is 0.636. The molecular weight excluding hydrogens is 278 g/mol. The first-order chi connectivity index (χ1) is 8.83. The van der Waals surface area contributed by atoms with Crippen LogP contribution in [0.5, 0.6) is 0 Å². The van der Waals surface area contributed by atoms with Crippen molar-refractivity contribution in [1.82, 2.24) is 4.72 Å². The number of aliphatic carboxylic acids is 2. The van der Waals surface area contributed by atoms with Gasteiger partial charge in [-0.1, -0.05) is 0 Å². The molecule has 0 saturated carbocycles. The average molecular weight is 295 g/mol. The third-order valence-corrected chi connectivity index (χ3v) is 4.82. The highest BCUT2D eigenvalue weighted by Gasteiger charge is 2.32. The first-order valence-corrected chi connectivity index (χ1v) is 7.41. The summed E-state index contributed by atoms with van der Waals surface area (Å²) in [5, 5.41) is 16.7. The summed E-state index contributed by atoms with van der Waals surface area (Å²) in [5.41, 5.74) is 0. The van der Waals surface area contributed by atoms with Gasteiger partial charge in [0.05, 0.1) is 5.25 Å². The Morgan fingerprint density at radius 3 is 2.32 bits per heavy atom. The monoisotopic (exact) mass is 295 g/mol. The van der Waals surface area contributed by atoms with Crippen molar-refractivity contribution >= 4 is 22.0 Å². The molecule has 0 bridgehead atoms. The minimum atomic E-state index is -3.78. The molecule has 110 valence electrons. The first-order valence-electron chi connectivity index (χ1n) is 5.86. The molecule has 0 unspecified atom stereocenters. The van der Waals surface area contributed by atoms with Gasteiger partial charge in [-0.25, -0.2) is 13.1 Å². The van der Waals surface area contributed by atoms with Crippen LogP contribution in [0, 0.1) is 0 Å². The molecule has 0 aliphatic carbocycles. The first kappa shape index (κ1) is 15.9. The van der Waals surface area contributed by atoms with Crippen molar-refractivity contribution in [2.24, 2.45) is 0 Å². The highest BCUT2D eigenvalue weighted by molar-refractivity contribution is 7.90. The fourth-order valence-corrected chi connectivity index (χ4v) is 3.40. The molecule has 1 heterocycles. The maximum absolute atomic E-state index is 12.0. The number of hydrogen-bond donors (Lipinski definition) is 3. The van der Waals surface area contributed by atoms with E-state index in [0.29, 0.717) is 26.1 Å². The summed E-state index contributed by atoms with van der Waals surface area (Å²) in [5.74, 6) is -2.55. The molecule has 1 aliphatic rings. The summed E-state index contributed by atoms with van der Waals surface area (Å²) in [6.07, 6.45) is -0.0818. The van der Waals surface area contributed by atoms with Crippen LogP contribution in [0.25, 0.3) is 0 Å². The molecule has 0 spiro atoms. The van der Waals surface area contributed by atoms with Gasteiger partial charge in [0.25, 0.3) is 0 Å². The Morgan fingerprint density at radius 1 is 1.26 bits per heavy atom. The minimum absolute atomic E-state index is 0.285. The van der Waals surface area contributed by atoms with Crippen molar-refractivity contribution in [1.29, 1.82) is 0 Å². The molecule has 9 heteroatoms. The van der Waals surface area contributed by atoms with Crippen LogP contribution in [0.15, 0.2) is 0 Å². The molecule has 3 N–H and O–H groups in total. The standard InChI is InChI=1S/C10H17NO7S/c12-9(13)2-1-8(10(14)15)11-19(16,17)7-3-5-18-6-4-7/h7-8,11H,1-6H2,(H,12,13)(H,14,15)/t8-/m0/s1. The largest absolute Gasteiger partial charge is 0.481 e. The molecule has 0 amide bonds. The molecular formula is C10H17NO7S. The van der Waals surface area contributed by atoms with E-state index in [1.54, 1.807) is 0 Å². The Labute approximate surface area is 110 Å². The number of nitrogens with one attached hydrogen (secondary N) is 1. The fraction of sp³-hybridized carbons (Fsp3) is 0.800. The summed E-state index contributed by atoms with van der Waals surface area (Å²) < 4.78 is 31.0. The van der Waals surface area contributed by atoms with Crippen LogP contribution in [0.4, 0.5) is 0 Å². The number of ether oxygens (including phenoxy) is 1.